The number of rotatable bonds is 5. The quantitative estimate of drug-likeness (QED) is 0.855. The molecule has 23 heavy (non-hydrogen) atoms. The number of imidazole rings is 1. The van der Waals surface area contributed by atoms with Crippen LogP contribution in [0.4, 0.5) is 0 Å². The van der Waals surface area contributed by atoms with Crippen LogP contribution in [0.15, 0.2) is 6.20 Å². The maximum atomic E-state index is 12.2. The number of aromatic nitrogens is 4. The molecule has 1 amide bonds. The highest BCUT2D eigenvalue weighted by Crippen LogP contribution is 2.13. The molecule has 0 saturated carbocycles. The van der Waals surface area contributed by atoms with E-state index in [9.17, 15) is 4.79 Å². The number of nitrogens with one attached hydrogen (secondary N) is 2. The van der Waals surface area contributed by atoms with Gasteiger partial charge in [0.25, 0.3) is 5.91 Å². The second-order valence-corrected chi connectivity index (χ2v) is 5.89. The Labute approximate surface area is 136 Å². The first-order chi connectivity index (χ1) is 11.1. The summed E-state index contributed by atoms with van der Waals surface area (Å²) in [6.45, 7) is 9.97. The number of carbonyl (C=O) groups excluding carboxylic acids is 1. The minimum Gasteiger partial charge on any atom is -0.349 e. The fourth-order valence-electron chi connectivity index (χ4n) is 3.13. The van der Waals surface area contributed by atoms with Crippen LogP contribution in [-0.4, -0.2) is 38.3 Å². The minimum absolute atomic E-state index is 0.121. The number of hydrogen-bond acceptors (Lipinski definition) is 4. The zero-order valence-corrected chi connectivity index (χ0v) is 14.0. The summed E-state index contributed by atoms with van der Waals surface area (Å²) in [5.41, 5.74) is 4.05. The van der Waals surface area contributed by atoms with Gasteiger partial charge in [0.05, 0.1) is 18.8 Å². The largest absolute Gasteiger partial charge is 0.349 e. The first-order valence-corrected chi connectivity index (χ1v) is 8.18. The molecule has 0 fully saturated rings. The van der Waals surface area contributed by atoms with Crippen LogP contribution in [0.5, 0.6) is 0 Å². The Morgan fingerprint density at radius 2 is 2.26 bits per heavy atom. The van der Waals surface area contributed by atoms with Crippen LogP contribution in [0, 0.1) is 13.8 Å². The molecule has 0 radical (unpaired) electrons. The maximum absolute atomic E-state index is 12.2. The number of hydrogen-bond donors (Lipinski definition) is 2. The summed E-state index contributed by atoms with van der Waals surface area (Å²) in [7, 11) is 0. The van der Waals surface area contributed by atoms with Gasteiger partial charge in [0.15, 0.2) is 0 Å². The Kier molecular flexibility index (Phi) is 4.47. The normalized spacial score (nSPS) is 13.9. The van der Waals surface area contributed by atoms with Gasteiger partial charge in [-0.05, 0) is 25.8 Å². The van der Waals surface area contributed by atoms with E-state index in [-0.39, 0.29) is 5.91 Å². The van der Waals surface area contributed by atoms with Crippen LogP contribution in [0.3, 0.4) is 0 Å². The summed E-state index contributed by atoms with van der Waals surface area (Å²) in [5.74, 6) is 0.802. The van der Waals surface area contributed by atoms with E-state index >= 15 is 0 Å². The van der Waals surface area contributed by atoms with E-state index in [1.807, 2.05) is 22.4 Å². The van der Waals surface area contributed by atoms with Crippen molar-refractivity contribution in [2.45, 2.75) is 46.8 Å². The number of aryl methyl sites for hydroxylation is 1. The van der Waals surface area contributed by atoms with Crippen LogP contribution in [-0.2, 0) is 26.1 Å². The summed E-state index contributed by atoms with van der Waals surface area (Å²) in [6, 6.07) is 0. The number of nitrogens with zero attached hydrogens (tertiary/aromatic N) is 4. The number of fused-ring (bicyclic) bond motifs is 1. The van der Waals surface area contributed by atoms with Crippen molar-refractivity contribution >= 4 is 5.91 Å². The van der Waals surface area contributed by atoms with Crippen molar-refractivity contribution in [2.75, 3.05) is 13.1 Å². The first-order valence-electron chi connectivity index (χ1n) is 8.18. The molecule has 1 aliphatic rings. The molecule has 2 aromatic heterocycles. The predicted octanol–water partition coefficient (Wildman–Crippen LogP) is 0.792. The van der Waals surface area contributed by atoms with Gasteiger partial charge in [-0.25, -0.2) is 4.98 Å². The third kappa shape index (κ3) is 3.14. The lowest BCUT2D eigenvalue weighted by molar-refractivity contribution is 0.0947. The Morgan fingerprint density at radius 1 is 1.43 bits per heavy atom. The van der Waals surface area contributed by atoms with E-state index in [0.29, 0.717) is 18.8 Å². The van der Waals surface area contributed by atoms with Crippen LogP contribution >= 0.6 is 0 Å². The van der Waals surface area contributed by atoms with Gasteiger partial charge in [-0.1, -0.05) is 6.92 Å². The molecule has 7 nitrogen and oxygen atoms in total. The summed E-state index contributed by atoms with van der Waals surface area (Å²) in [5, 5.41) is 10.7. The Hall–Kier alpha value is -2.15. The lowest BCUT2D eigenvalue weighted by atomic mass is 10.1. The predicted molar refractivity (Wildman–Crippen MR) is 87.3 cm³/mol. The van der Waals surface area contributed by atoms with Crippen LogP contribution in [0.25, 0.3) is 0 Å². The van der Waals surface area contributed by atoms with Crippen LogP contribution in [0.2, 0.25) is 0 Å². The summed E-state index contributed by atoms with van der Waals surface area (Å²) < 4.78 is 4.01. The summed E-state index contributed by atoms with van der Waals surface area (Å²) >= 11 is 0. The van der Waals surface area contributed by atoms with Crippen molar-refractivity contribution < 1.29 is 4.79 Å². The van der Waals surface area contributed by atoms with Crippen molar-refractivity contribution in [1.29, 1.82) is 0 Å². The van der Waals surface area contributed by atoms with E-state index in [2.05, 4.69) is 34.6 Å². The van der Waals surface area contributed by atoms with Gasteiger partial charge in [-0.3, -0.25) is 9.48 Å². The monoisotopic (exact) mass is 316 g/mol. The maximum Gasteiger partial charge on any atom is 0.271 e. The molecular weight excluding hydrogens is 292 g/mol. The van der Waals surface area contributed by atoms with Crippen LogP contribution < -0.4 is 10.6 Å². The Bertz CT molecular complexity index is 691. The number of carbonyl (C=O) groups is 1. The highest BCUT2D eigenvalue weighted by molar-refractivity contribution is 5.92. The van der Waals surface area contributed by atoms with Gasteiger partial charge in [0.1, 0.15) is 11.5 Å². The van der Waals surface area contributed by atoms with Gasteiger partial charge in [-0.2, -0.15) is 5.10 Å². The second kappa shape index (κ2) is 6.54. The van der Waals surface area contributed by atoms with Crippen molar-refractivity contribution in [3.05, 3.63) is 34.7 Å². The number of amides is 1. The molecule has 0 aromatic carbocycles. The fourth-order valence-corrected chi connectivity index (χ4v) is 3.13. The standard InChI is InChI=1S/C16H24N6O/c1-4-13-11(2)20-22(12(13)3)8-6-18-16(23)14-10-21-7-5-17-9-15(21)19-14/h10,17H,4-9H2,1-3H3,(H,18,23). The van der Waals surface area contributed by atoms with E-state index < -0.39 is 0 Å². The van der Waals surface area contributed by atoms with E-state index in [1.54, 1.807) is 0 Å². The van der Waals surface area contributed by atoms with Gasteiger partial charge in [0.2, 0.25) is 0 Å². The average Bonchev–Trinajstić information content (AvgIpc) is 3.08. The molecule has 3 heterocycles. The molecule has 0 bridgehead atoms. The van der Waals surface area contributed by atoms with E-state index in [1.165, 1.54) is 11.3 Å². The first kappa shape index (κ1) is 15.7. The van der Waals surface area contributed by atoms with Crippen molar-refractivity contribution in [3.63, 3.8) is 0 Å². The topological polar surface area (TPSA) is 76.8 Å². The SMILES string of the molecule is CCc1c(C)nn(CCNC(=O)c2cn3c(n2)CNCC3)c1C. The van der Waals surface area contributed by atoms with Gasteiger partial charge >= 0.3 is 0 Å². The zero-order valence-electron chi connectivity index (χ0n) is 14.0. The molecule has 0 unspecified atom stereocenters. The molecule has 3 rings (SSSR count). The van der Waals surface area contributed by atoms with Crippen LogP contribution in [0.1, 0.15) is 40.2 Å². The smallest absolute Gasteiger partial charge is 0.271 e. The van der Waals surface area contributed by atoms with Crippen molar-refractivity contribution in [1.82, 2.24) is 30.0 Å². The van der Waals surface area contributed by atoms with Crippen molar-refractivity contribution in [3.8, 4) is 0 Å². The van der Waals surface area contributed by atoms with Crippen molar-refractivity contribution in [2.24, 2.45) is 0 Å². The van der Waals surface area contributed by atoms with Gasteiger partial charge in [-0.15, -0.1) is 0 Å². The second-order valence-electron chi connectivity index (χ2n) is 5.89. The average molecular weight is 316 g/mol. The zero-order chi connectivity index (χ0) is 16.4. The Balaban J connectivity index is 1.58. The molecule has 0 atom stereocenters. The molecule has 0 saturated heterocycles. The summed E-state index contributed by atoms with van der Waals surface area (Å²) in [4.78, 5) is 16.6. The third-order valence-electron chi connectivity index (χ3n) is 4.40. The van der Waals surface area contributed by atoms with Gasteiger partial charge in [0, 0.05) is 31.5 Å². The molecule has 7 heteroatoms. The molecule has 1 aliphatic heterocycles. The molecule has 0 aliphatic carbocycles. The molecule has 2 aromatic rings. The van der Waals surface area contributed by atoms with Gasteiger partial charge < -0.3 is 15.2 Å². The summed E-state index contributed by atoms with van der Waals surface area (Å²) in [6.07, 6.45) is 2.82. The molecular formula is C16H24N6O. The lowest BCUT2D eigenvalue weighted by Crippen LogP contribution is -2.28. The molecule has 124 valence electrons. The highest BCUT2D eigenvalue weighted by Gasteiger charge is 2.16. The fraction of sp³-hybridized carbons (Fsp3) is 0.562. The van der Waals surface area contributed by atoms with E-state index in [0.717, 1.165) is 37.6 Å². The highest BCUT2D eigenvalue weighted by atomic mass is 16.1. The minimum atomic E-state index is -0.121. The molecule has 2 N–H and O–H groups in total. The third-order valence-corrected chi connectivity index (χ3v) is 4.40. The Morgan fingerprint density at radius 3 is 2.96 bits per heavy atom. The molecule has 0 spiro atoms. The van der Waals surface area contributed by atoms with E-state index in [4.69, 9.17) is 0 Å². The lowest BCUT2D eigenvalue weighted by Gasteiger charge is -2.13.